The van der Waals surface area contributed by atoms with Crippen LogP contribution in [0.1, 0.15) is 5.56 Å². The van der Waals surface area contributed by atoms with E-state index < -0.39 is 34.0 Å². The molecule has 0 radical (unpaired) electrons. The molecule has 0 saturated heterocycles. The van der Waals surface area contributed by atoms with Crippen molar-refractivity contribution in [2.45, 2.75) is 5.75 Å². The number of halogens is 1. The summed E-state index contributed by atoms with van der Waals surface area (Å²) in [5, 5.41) is 0. The third-order valence-electron chi connectivity index (χ3n) is 2.51. The zero-order chi connectivity index (χ0) is 15.2. The molecule has 0 heterocycles. The number of primary amides is 1. The molecule has 2 N–H and O–H groups in total. The van der Waals surface area contributed by atoms with Crippen LogP contribution in [0.5, 0.6) is 0 Å². The van der Waals surface area contributed by atoms with Gasteiger partial charge in [-0.25, -0.2) is 12.8 Å². The maximum atomic E-state index is 13.1. The second-order valence-electron chi connectivity index (χ2n) is 4.18. The van der Waals surface area contributed by atoms with E-state index in [4.69, 9.17) is 10.5 Å². The standard InChI is InChI=1S/C12H17FN2O4S/c1-19-6-5-15(8-12(14)16)20(17,18)9-10-3-2-4-11(13)7-10/h2-4,7H,5-6,8-9H2,1H3,(H2,14,16). The fraction of sp³-hybridized carbons (Fsp3) is 0.417. The Labute approximate surface area is 117 Å². The minimum absolute atomic E-state index is 0.0110. The maximum Gasteiger partial charge on any atom is 0.232 e. The first-order valence-electron chi connectivity index (χ1n) is 5.84. The third-order valence-corrected chi connectivity index (χ3v) is 4.31. The summed E-state index contributed by atoms with van der Waals surface area (Å²) in [6.07, 6.45) is 0. The molecule has 0 aromatic heterocycles. The van der Waals surface area contributed by atoms with E-state index in [-0.39, 0.29) is 13.2 Å². The number of methoxy groups -OCH3 is 1. The van der Waals surface area contributed by atoms with E-state index >= 15 is 0 Å². The van der Waals surface area contributed by atoms with Gasteiger partial charge in [0.25, 0.3) is 0 Å². The van der Waals surface area contributed by atoms with Crippen LogP contribution in [0.3, 0.4) is 0 Å². The summed E-state index contributed by atoms with van der Waals surface area (Å²) >= 11 is 0. The predicted octanol–water partition coefficient (Wildman–Crippen LogP) is 0.0892. The van der Waals surface area contributed by atoms with Gasteiger partial charge in [-0.3, -0.25) is 4.79 Å². The molecule has 1 amide bonds. The Morgan fingerprint density at radius 2 is 2.15 bits per heavy atom. The molecule has 0 atom stereocenters. The molecule has 0 fully saturated rings. The first-order valence-corrected chi connectivity index (χ1v) is 7.45. The van der Waals surface area contributed by atoms with Gasteiger partial charge in [0.1, 0.15) is 5.82 Å². The molecule has 6 nitrogen and oxygen atoms in total. The Kier molecular flexibility index (Phi) is 6.05. The largest absolute Gasteiger partial charge is 0.383 e. The molecule has 1 aromatic rings. The number of rotatable bonds is 8. The lowest BCUT2D eigenvalue weighted by Gasteiger charge is -2.20. The zero-order valence-corrected chi connectivity index (χ0v) is 11.9. The molecule has 0 aliphatic heterocycles. The predicted molar refractivity (Wildman–Crippen MR) is 71.7 cm³/mol. The summed E-state index contributed by atoms with van der Waals surface area (Å²) in [6.45, 7) is -0.284. The number of nitrogens with zero attached hydrogens (tertiary/aromatic N) is 1. The third kappa shape index (κ3) is 5.24. The molecule has 1 aromatic carbocycles. The lowest BCUT2D eigenvalue weighted by atomic mass is 10.2. The summed E-state index contributed by atoms with van der Waals surface area (Å²) in [5.74, 6) is -1.68. The topological polar surface area (TPSA) is 89.7 Å². The lowest BCUT2D eigenvalue weighted by molar-refractivity contribution is -0.118. The van der Waals surface area contributed by atoms with Crippen molar-refractivity contribution in [2.75, 3.05) is 26.8 Å². The molecule has 0 saturated carbocycles. The van der Waals surface area contributed by atoms with E-state index in [2.05, 4.69) is 0 Å². The molecule has 20 heavy (non-hydrogen) atoms. The highest BCUT2D eigenvalue weighted by atomic mass is 32.2. The normalized spacial score (nSPS) is 11.8. The molecule has 112 valence electrons. The summed E-state index contributed by atoms with van der Waals surface area (Å²) in [4.78, 5) is 10.9. The minimum atomic E-state index is -3.77. The van der Waals surface area contributed by atoms with Crippen LogP contribution in [0.15, 0.2) is 24.3 Å². The van der Waals surface area contributed by atoms with Crippen molar-refractivity contribution < 1.29 is 22.3 Å². The highest BCUT2D eigenvalue weighted by Crippen LogP contribution is 2.12. The van der Waals surface area contributed by atoms with Gasteiger partial charge in [-0.2, -0.15) is 4.31 Å². The van der Waals surface area contributed by atoms with Crippen LogP contribution in [0.4, 0.5) is 4.39 Å². The Morgan fingerprint density at radius 1 is 1.45 bits per heavy atom. The Morgan fingerprint density at radius 3 is 2.70 bits per heavy atom. The van der Waals surface area contributed by atoms with Crippen molar-refractivity contribution in [1.29, 1.82) is 0 Å². The Hall–Kier alpha value is -1.51. The second-order valence-corrected chi connectivity index (χ2v) is 6.15. The summed E-state index contributed by atoms with van der Waals surface area (Å²) in [6, 6.07) is 5.28. The van der Waals surface area contributed by atoms with E-state index in [0.717, 1.165) is 10.4 Å². The zero-order valence-electron chi connectivity index (χ0n) is 11.1. The van der Waals surface area contributed by atoms with Gasteiger partial charge in [0.15, 0.2) is 0 Å². The van der Waals surface area contributed by atoms with Gasteiger partial charge in [-0.15, -0.1) is 0 Å². The van der Waals surface area contributed by atoms with Crippen molar-refractivity contribution in [3.05, 3.63) is 35.6 Å². The highest BCUT2D eigenvalue weighted by molar-refractivity contribution is 7.88. The molecule has 1 rings (SSSR count). The van der Waals surface area contributed by atoms with E-state index in [1.54, 1.807) is 0 Å². The average Bonchev–Trinajstić information content (AvgIpc) is 2.33. The fourth-order valence-electron chi connectivity index (χ4n) is 1.61. The number of hydrogen-bond donors (Lipinski definition) is 1. The maximum absolute atomic E-state index is 13.1. The van der Waals surface area contributed by atoms with Crippen molar-refractivity contribution in [2.24, 2.45) is 5.73 Å². The molecular weight excluding hydrogens is 287 g/mol. The van der Waals surface area contributed by atoms with Crippen molar-refractivity contribution in [3.8, 4) is 0 Å². The van der Waals surface area contributed by atoms with Crippen LogP contribution in [-0.2, 0) is 25.3 Å². The first-order chi connectivity index (χ1) is 9.35. The minimum Gasteiger partial charge on any atom is -0.383 e. The van der Waals surface area contributed by atoms with Crippen molar-refractivity contribution >= 4 is 15.9 Å². The molecule has 0 unspecified atom stereocenters. The highest BCUT2D eigenvalue weighted by Gasteiger charge is 2.24. The van der Waals surface area contributed by atoms with E-state index in [0.29, 0.717) is 5.56 Å². The number of nitrogens with two attached hydrogens (primary N) is 1. The van der Waals surface area contributed by atoms with Gasteiger partial charge in [0.2, 0.25) is 15.9 Å². The summed E-state index contributed by atoms with van der Waals surface area (Å²) in [7, 11) is -2.36. The molecule has 0 bridgehead atoms. The Balaban J connectivity index is 2.88. The van der Waals surface area contributed by atoms with Crippen LogP contribution >= 0.6 is 0 Å². The van der Waals surface area contributed by atoms with E-state index in [1.807, 2.05) is 0 Å². The molecule has 0 aliphatic carbocycles. The van der Waals surface area contributed by atoms with Gasteiger partial charge >= 0.3 is 0 Å². The average molecular weight is 304 g/mol. The number of benzene rings is 1. The number of sulfonamides is 1. The van der Waals surface area contributed by atoms with Crippen LogP contribution in [-0.4, -0.2) is 45.4 Å². The summed E-state index contributed by atoms with van der Waals surface area (Å²) < 4.78 is 43.2. The smallest absolute Gasteiger partial charge is 0.232 e. The van der Waals surface area contributed by atoms with E-state index in [1.165, 1.54) is 25.3 Å². The van der Waals surface area contributed by atoms with Crippen LogP contribution in [0.25, 0.3) is 0 Å². The number of carbonyl (C=O) groups is 1. The van der Waals surface area contributed by atoms with Crippen LogP contribution < -0.4 is 5.73 Å². The van der Waals surface area contributed by atoms with Crippen molar-refractivity contribution in [3.63, 3.8) is 0 Å². The number of hydrogen-bond acceptors (Lipinski definition) is 4. The molecular formula is C12H17FN2O4S. The molecule has 0 spiro atoms. The SMILES string of the molecule is COCCN(CC(N)=O)S(=O)(=O)Cc1cccc(F)c1. The molecule has 0 aliphatic rings. The van der Waals surface area contributed by atoms with Gasteiger partial charge < -0.3 is 10.5 Å². The number of amides is 1. The fourth-order valence-corrected chi connectivity index (χ4v) is 3.07. The van der Waals surface area contributed by atoms with Gasteiger partial charge in [0, 0.05) is 13.7 Å². The summed E-state index contributed by atoms with van der Waals surface area (Å²) in [5.41, 5.74) is 5.34. The lowest BCUT2D eigenvalue weighted by Crippen LogP contribution is -2.40. The molecule has 8 heteroatoms. The van der Waals surface area contributed by atoms with Gasteiger partial charge in [-0.1, -0.05) is 12.1 Å². The monoisotopic (exact) mass is 304 g/mol. The Bertz CT molecular complexity index is 562. The van der Waals surface area contributed by atoms with Crippen LogP contribution in [0, 0.1) is 5.82 Å². The van der Waals surface area contributed by atoms with Gasteiger partial charge in [-0.05, 0) is 17.7 Å². The first kappa shape index (κ1) is 16.5. The van der Waals surface area contributed by atoms with E-state index in [9.17, 15) is 17.6 Å². The van der Waals surface area contributed by atoms with Gasteiger partial charge in [0.05, 0.1) is 18.9 Å². The van der Waals surface area contributed by atoms with Crippen LogP contribution in [0.2, 0.25) is 0 Å². The van der Waals surface area contributed by atoms with Crippen molar-refractivity contribution in [1.82, 2.24) is 4.31 Å². The number of ether oxygens (including phenoxy) is 1. The second kappa shape index (κ2) is 7.32. The quantitative estimate of drug-likeness (QED) is 0.737. The number of carbonyl (C=O) groups excluding carboxylic acids is 1.